The van der Waals surface area contributed by atoms with E-state index in [0.29, 0.717) is 12.3 Å². The summed E-state index contributed by atoms with van der Waals surface area (Å²) < 4.78 is 5.86. The third kappa shape index (κ3) is 4.93. The number of nitrogens with one attached hydrogen (secondary N) is 2. The second-order valence-corrected chi connectivity index (χ2v) is 9.36. The van der Waals surface area contributed by atoms with Gasteiger partial charge in [0.25, 0.3) is 0 Å². The number of hydrogen-bond acceptors (Lipinski definition) is 6. The van der Waals surface area contributed by atoms with Gasteiger partial charge in [0.1, 0.15) is 18.4 Å². The van der Waals surface area contributed by atoms with Crippen LogP contribution < -0.4 is 15.0 Å². The third-order valence-corrected chi connectivity index (χ3v) is 6.99. The zero-order valence-corrected chi connectivity index (χ0v) is 20.1. The van der Waals surface area contributed by atoms with Gasteiger partial charge in [-0.3, -0.25) is 14.8 Å². The van der Waals surface area contributed by atoms with Gasteiger partial charge in [0, 0.05) is 24.5 Å². The van der Waals surface area contributed by atoms with E-state index in [0.717, 1.165) is 60.7 Å². The number of ether oxygens (including phenoxy) is 1. The molecule has 1 aromatic carbocycles. The number of likely N-dealkylation sites (tertiary alicyclic amines) is 1. The van der Waals surface area contributed by atoms with E-state index in [9.17, 15) is 4.79 Å². The number of thiophene rings is 1. The van der Waals surface area contributed by atoms with Crippen LogP contribution in [-0.4, -0.2) is 54.3 Å². The van der Waals surface area contributed by atoms with Crippen molar-refractivity contribution in [3.63, 3.8) is 0 Å². The molecule has 1 atom stereocenters. The maximum absolute atomic E-state index is 13.4. The third-order valence-electron chi connectivity index (χ3n) is 6.28. The number of H-pyrrole nitrogens is 1. The largest absolute Gasteiger partial charge is 0.490 e. The van der Waals surface area contributed by atoms with Crippen LogP contribution in [0.3, 0.4) is 0 Å². The molecule has 0 aliphatic carbocycles. The minimum absolute atomic E-state index is 0.0134. The maximum atomic E-state index is 13.4. The van der Waals surface area contributed by atoms with Crippen molar-refractivity contribution >= 4 is 28.6 Å². The van der Waals surface area contributed by atoms with Crippen LogP contribution in [0.15, 0.2) is 65.5 Å². The normalized spacial score (nSPS) is 16.3. The summed E-state index contributed by atoms with van der Waals surface area (Å²) in [5.74, 6) is 0.839. The van der Waals surface area contributed by atoms with E-state index in [1.807, 2.05) is 47.8 Å². The lowest BCUT2D eigenvalue weighted by atomic mass is 10.1. The second-order valence-electron chi connectivity index (χ2n) is 8.58. The first-order valence-electron chi connectivity index (χ1n) is 11.6. The molecule has 176 valence electrons. The smallest absolute Gasteiger partial charge is 0.246 e. The Kier molecular flexibility index (Phi) is 6.78. The van der Waals surface area contributed by atoms with Crippen LogP contribution in [0.4, 0.5) is 11.4 Å². The quantitative estimate of drug-likeness (QED) is 0.551. The molecular formula is C26H29N5O2S. The summed E-state index contributed by atoms with van der Waals surface area (Å²) in [5, 5.41) is 14.7. The van der Waals surface area contributed by atoms with Gasteiger partial charge < -0.3 is 15.0 Å². The average Bonchev–Trinajstić information content (AvgIpc) is 3.56. The van der Waals surface area contributed by atoms with Crippen molar-refractivity contribution in [1.29, 1.82) is 0 Å². The Morgan fingerprint density at radius 1 is 1.15 bits per heavy atom. The second kappa shape index (κ2) is 10.3. The van der Waals surface area contributed by atoms with E-state index < -0.39 is 0 Å². The highest BCUT2D eigenvalue weighted by molar-refractivity contribution is 7.08. The minimum atomic E-state index is -0.277. The fraction of sp³-hybridized carbons (Fsp3) is 0.308. The van der Waals surface area contributed by atoms with Crippen LogP contribution in [0, 0.1) is 0 Å². The molecule has 8 heteroatoms. The molecule has 7 nitrogen and oxygen atoms in total. The number of anilines is 2. The topological polar surface area (TPSA) is 73.5 Å². The van der Waals surface area contributed by atoms with Gasteiger partial charge in [0.15, 0.2) is 0 Å². The van der Waals surface area contributed by atoms with Crippen LogP contribution in [-0.2, 0) is 4.79 Å². The summed E-state index contributed by atoms with van der Waals surface area (Å²) in [7, 11) is 2.07. The monoisotopic (exact) mass is 475 g/mol. The molecule has 1 amide bonds. The standard InChI is InChI=1S/C26H29N5O2S/c1-30-14-15-33-24-17-19(6-9-23(24)30)22-8-7-21(5-4-11-27-29-22)28-26(32)25(20-10-16-34-18-20)31-12-2-3-13-31/h4-11,16-18,25,27H,2-3,12-15H2,1H3,(H,28,32). The molecule has 4 heterocycles. The molecule has 2 aromatic heterocycles. The molecule has 0 radical (unpaired) electrons. The Hall–Kier alpha value is -3.36. The number of carbonyl (C=O) groups excluding carboxylic acids is 1. The van der Waals surface area contributed by atoms with E-state index in [4.69, 9.17) is 4.74 Å². The number of benzene rings is 1. The summed E-state index contributed by atoms with van der Waals surface area (Å²) in [6, 6.07) is 15.4. The van der Waals surface area contributed by atoms with Crippen LogP contribution in [0.2, 0.25) is 0 Å². The highest BCUT2D eigenvalue weighted by atomic mass is 32.1. The Morgan fingerprint density at radius 3 is 2.85 bits per heavy atom. The molecule has 0 saturated carbocycles. The number of likely N-dealkylation sites (N-methyl/N-ethyl adjacent to an activating group) is 1. The summed E-state index contributed by atoms with van der Waals surface area (Å²) in [6.07, 6.45) is 4.01. The first kappa shape index (κ1) is 22.4. The van der Waals surface area contributed by atoms with Gasteiger partial charge in [0.05, 0.1) is 17.9 Å². The highest BCUT2D eigenvalue weighted by Gasteiger charge is 2.30. The molecule has 3 aromatic rings. The number of fused-ring (bicyclic) bond motifs is 1. The Bertz CT molecular complexity index is 1190. The van der Waals surface area contributed by atoms with Gasteiger partial charge in [-0.1, -0.05) is 6.07 Å². The van der Waals surface area contributed by atoms with Gasteiger partial charge in [-0.15, -0.1) is 0 Å². The van der Waals surface area contributed by atoms with Crippen molar-refractivity contribution in [1.82, 2.24) is 15.1 Å². The number of amides is 1. The van der Waals surface area contributed by atoms with Crippen LogP contribution in [0.5, 0.6) is 5.75 Å². The van der Waals surface area contributed by atoms with Crippen LogP contribution in [0.25, 0.3) is 11.3 Å². The lowest BCUT2D eigenvalue weighted by Crippen LogP contribution is -2.35. The molecule has 5 rings (SSSR count). The Balaban J connectivity index is 1.43. The Labute approximate surface area is 203 Å². The minimum Gasteiger partial charge on any atom is -0.490 e. The van der Waals surface area contributed by atoms with Crippen molar-refractivity contribution in [3.8, 4) is 17.0 Å². The number of aromatic nitrogens is 2. The van der Waals surface area contributed by atoms with Gasteiger partial charge >= 0.3 is 0 Å². The number of hydrogen-bond donors (Lipinski definition) is 2. The highest BCUT2D eigenvalue weighted by Crippen LogP contribution is 2.34. The SMILES string of the molecule is CN1CCOc2cc(-c3ccc(NC(=O)C(c4ccsc4)N4CCCC4)ccc[nH]n3)ccc21. The number of aromatic amines is 1. The van der Waals surface area contributed by atoms with Gasteiger partial charge in [-0.25, -0.2) is 0 Å². The fourth-order valence-electron chi connectivity index (χ4n) is 4.49. The zero-order valence-electron chi connectivity index (χ0n) is 19.2. The molecule has 1 saturated heterocycles. The molecule has 2 aliphatic rings. The summed E-state index contributed by atoms with van der Waals surface area (Å²) >= 11 is 1.62. The number of nitrogens with zero attached hydrogens (tertiary/aromatic N) is 3. The molecular weight excluding hydrogens is 446 g/mol. The predicted octanol–water partition coefficient (Wildman–Crippen LogP) is 4.87. The first-order valence-corrected chi connectivity index (χ1v) is 12.6. The van der Waals surface area contributed by atoms with E-state index in [1.165, 1.54) is 0 Å². The van der Waals surface area contributed by atoms with E-state index >= 15 is 0 Å². The van der Waals surface area contributed by atoms with Crippen molar-refractivity contribution in [2.24, 2.45) is 0 Å². The van der Waals surface area contributed by atoms with Crippen molar-refractivity contribution in [2.75, 3.05) is 43.5 Å². The van der Waals surface area contributed by atoms with Crippen molar-refractivity contribution in [3.05, 3.63) is 71.1 Å². The average molecular weight is 476 g/mol. The molecule has 2 aliphatic heterocycles. The molecule has 1 fully saturated rings. The molecule has 1 unspecified atom stereocenters. The van der Waals surface area contributed by atoms with Gasteiger partial charge in [0.2, 0.25) is 5.91 Å². The van der Waals surface area contributed by atoms with Gasteiger partial charge in [-0.05, 0) is 84.7 Å². The summed E-state index contributed by atoms with van der Waals surface area (Å²) in [6.45, 7) is 3.42. The van der Waals surface area contributed by atoms with E-state index in [1.54, 1.807) is 17.5 Å². The predicted molar refractivity (Wildman–Crippen MR) is 137 cm³/mol. The number of rotatable bonds is 5. The molecule has 0 spiro atoms. The van der Waals surface area contributed by atoms with E-state index in [-0.39, 0.29) is 11.9 Å². The number of carbonyl (C=O) groups is 1. The lowest BCUT2D eigenvalue weighted by molar-refractivity contribution is -0.121. The molecule has 2 N–H and O–H groups in total. The fourth-order valence-corrected chi connectivity index (χ4v) is 5.17. The van der Waals surface area contributed by atoms with E-state index in [2.05, 4.69) is 43.8 Å². The zero-order chi connectivity index (χ0) is 23.3. The molecule has 0 bridgehead atoms. The maximum Gasteiger partial charge on any atom is 0.246 e. The summed E-state index contributed by atoms with van der Waals surface area (Å²) in [5.41, 5.74) is 4.53. The Morgan fingerprint density at radius 2 is 2.03 bits per heavy atom. The molecule has 34 heavy (non-hydrogen) atoms. The first-order chi connectivity index (χ1) is 16.7. The lowest BCUT2D eigenvalue weighted by Gasteiger charge is -2.27. The van der Waals surface area contributed by atoms with Gasteiger partial charge in [-0.2, -0.15) is 16.4 Å². The van der Waals surface area contributed by atoms with Crippen molar-refractivity contribution in [2.45, 2.75) is 18.9 Å². The van der Waals surface area contributed by atoms with Crippen LogP contribution >= 0.6 is 11.3 Å². The van der Waals surface area contributed by atoms with Crippen LogP contribution in [0.1, 0.15) is 24.4 Å². The summed E-state index contributed by atoms with van der Waals surface area (Å²) in [4.78, 5) is 17.9. The van der Waals surface area contributed by atoms with Crippen molar-refractivity contribution < 1.29 is 9.53 Å².